The Bertz CT molecular complexity index is 979. The van der Waals surface area contributed by atoms with Gasteiger partial charge in [-0.15, -0.1) is 0 Å². The first-order valence-corrected chi connectivity index (χ1v) is 18.8. The van der Waals surface area contributed by atoms with Crippen LogP contribution in [0, 0.1) is 118 Å². The van der Waals surface area contributed by atoms with E-state index in [0.29, 0.717) is 0 Å². The van der Waals surface area contributed by atoms with Gasteiger partial charge in [0.1, 0.15) is 0 Å². The maximum Gasteiger partial charge on any atom is -0.0315 e. The Balaban J connectivity index is 1.05. The van der Waals surface area contributed by atoms with E-state index < -0.39 is 0 Å². The minimum absolute atomic E-state index is 1.16. The lowest BCUT2D eigenvalue weighted by molar-refractivity contribution is -0.268. The second kappa shape index (κ2) is 7.88. The highest BCUT2D eigenvalue weighted by atomic mass is 14.8. The minimum Gasteiger partial charge on any atom is -0.0528 e. The lowest BCUT2D eigenvalue weighted by Crippen LogP contribution is -2.69. The summed E-state index contributed by atoms with van der Waals surface area (Å²) >= 11 is 0. The molecule has 0 N–H and O–H groups in total. The fraction of sp³-hybridized carbons (Fsp3) is 1.00. The fourth-order valence-corrected chi connectivity index (χ4v) is 18.3. The number of rotatable bonds is 0. The average molecular weight is 513 g/mol. The fourth-order valence-electron chi connectivity index (χ4n) is 18.3. The van der Waals surface area contributed by atoms with E-state index in [1.807, 2.05) is 0 Å². The molecule has 0 amide bonds. The summed E-state index contributed by atoms with van der Waals surface area (Å²) in [5.74, 6) is 23.8. The summed E-state index contributed by atoms with van der Waals surface area (Å²) in [6.45, 7) is 0. The Hall–Kier alpha value is 0. The second-order valence-electron chi connectivity index (χ2n) is 18.4. The molecule has 11 aliphatic rings. The Kier molecular flexibility index (Phi) is 4.68. The van der Waals surface area contributed by atoms with Crippen molar-refractivity contribution < 1.29 is 0 Å². The molecule has 11 aliphatic carbocycles. The molecule has 11 saturated carbocycles. The molecule has 20 unspecified atom stereocenters. The molecule has 0 spiro atoms. The molecule has 0 aromatic rings. The quantitative estimate of drug-likeness (QED) is 0.303. The molecule has 0 heterocycles. The molecule has 0 aromatic carbocycles. The minimum atomic E-state index is 1.16. The predicted molar refractivity (Wildman–Crippen MR) is 153 cm³/mol. The van der Waals surface area contributed by atoms with Crippen molar-refractivity contribution in [2.75, 3.05) is 0 Å². The summed E-state index contributed by atoms with van der Waals surface area (Å²) in [6, 6.07) is 0. The molecule has 38 heavy (non-hydrogen) atoms. The number of fused-ring (bicyclic) bond motifs is 3. The van der Waals surface area contributed by atoms with Crippen molar-refractivity contribution in [3.05, 3.63) is 0 Å². The highest BCUT2D eigenvalue weighted by Gasteiger charge is 2.70. The van der Waals surface area contributed by atoms with Crippen LogP contribution in [-0.2, 0) is 0 Å². The molecule has 208 valence electrons. The van der Waals surface area contributed by atoms with Crippen molar-refractivity contribution in [2.45, 2.75) is 116 Å². The van der Waals surface area contributed by atoms with Gasteiger partial charge in [-0.25, -0.2) is 0 Å². The summed E-state index contributed by atoms with van der Waals surface area (Å²) in [4.78, 5) is 0. The zero-order valence-corrected chi connectivity index (χ0v) is 24.3. The smallest absolute Gasteiger partial charge is 0.0315 e. The zero-order valence-electron chi connectivity index (χ0n) is 24.3. The molecule has 20 atom stereocenters. The third-order valence-electron chi connectivity index (χ3n) is 18.3. The monoisotopic (exact) mass is 512 g/mol. The van der Waals surface area contributed by atoms with Gasteiger partial charge >= 0.3 is 0 Å². The van der Waals surface area contributed by atoms with E-state index >= 15 is 0 Å². The average Bonchev–Trinajstić information content (AvgIpc) is 2.97. The first-order valence-electron chi connectivity index (χ1n) is 18.8. The number of hydrogen-bond acceptors (Lipinski definition) is 0. The van der Waals surface area contributed by atoms with Crippen LogP contribution in [0.1, 0.15) is 116 Å². The van der Waals surface area contributed by atoms with Crippen molar-refractivity contribution in [3.63, 3.8) is 0 Å². The van der Waals surface area contributed by atoms with E-state index in [4.69, 9.17) is 0 Å². The highest BCUT2D eigenvalue weighted by Crippen LogP contribution is 2.77. The third kappa shape index (κ3) is 2.65. The normalized spacial score (nSPS) is 68.2. The molecule has 0 bridgehead atoms. The van der Waals surface area contributed by atoms with Crippen LogP contribution in [0.25, 0.3) is 0 Å². The van der Waals surface area contributed by atoms with E-state index in [1.54, 1.807) is 116 Å². The largest absolute Gasteiger partial charge is 0.0528 e. The van der Waals surface area contributed by atoms with Gasteiger partial charge in [-0.05, 0) is 202 Å². The lowest BCUT2D eigenvalue weighted by Gasteiger charge is -2.75. The molecule has 11 fully saturated rings. The molecule has 0 saturated heterocycles. The number of hydrogen-bond donors (Lipinski definition) is 0. The Morgan fingerprint density at radius 2 is 0.658 bits per heavy atom. The summed E-state index contributed by atoms with van der Waals surface area (Å²) in [5.41, 5.74) is 0. The third-order valence-corrected chi connectivity index (χ3v) is 18.3. The molecule has 0 nitrogen and oxygen atoms in total. The van der Waals surface area contributed by atoms with Gasteiger partial charge in [-0.1, -0.05) is 32.1 Å². The van der Waals surface area contributed by atoms with Crippen LogP contribution >= 0.6 is 0 Å². The summed E-state index contributed by atoms with van der Waals surface area (Å²) in [7, 11) is 0. The van der Waals surface area contributed by atoms with Crippen molar-refractivity contribution in [3.8, 4) is 0 Å². The van der Waals surface area contributed by atoms with E-state index in [0.717, 1.165) is 11.8 Å². The van der Waals surface area contributed by atoms with Crippen LogP contribution in [0.15, 0.2) is 0 Å². The van der Waals surface area contributed by atoms with Gasteiger partial charge in [0.15, 0.2) is 0 Å². The van der Waals surface area contributed by atoms with Crippen LogP contribution in [0.3, 0.4) is 0 Å². The maximum absolute atomic E-state index is 1.74. The topological polar surface area (TPSA) is 0 Å². The SMILES string of the molecule is C1CC2CCC3CC4C5CCC6CCC7CCC8CCCC9C8C7C6C5C9C5CCC6CC(C1)C2C3C6C45. The van der Waals surface area contributed by atoms with Crippen molar-refractivity contribution >= 4 is 0 Å². The Labute approximate surface area is 233 Å². The Morgan fingerprint density at radius 1 is 0.211 bits per heavy atom. The van der Waals surface area contributed by atoms with E-state index in [2.05, 4.69) is 0 Å². The van der Waals surface area contributed by atoms with Gasteiger partial charge in [0, 0.05) is 0 Å². The van der Waals surface area contributed by atoms with Gasteiger partial charge in [-0.2, -0.15) is 0 Å². The van der Waals surface area contributed by atoms with Crippen LogP contribution in [-0.4, -0.2) is 0 Å². The van der Waals surface area contributed by atoms with Crippen molar-refractivity contribution in [1.82, 2.24) is 0 Å². The Morgan fingerprint density at radius 3 is 1.50 bits per heavy atom. The van der Waals surface area contributed by atoms with Gasteiger partial charge in [0.2, 0.25) is 0 Å². The van der Waals surface area contributed by atoms with Crippen LogP contribution in [0.5, 0.6) is 0 Å². The van der Waals surface area contributed by atoms with Crippen molar-refractivity contribution in [2.24, 2.45) is 118 Å². The van der Waals surface area contributed by atoms with Crippen LogP contribution in [0.4, 0.5) is 0 Å². The molecular formula is C38H56. The maximum atomic E-state index is 1.74. The summed E-state index contributed by atoms with van der Waals surface area (Å²) in [5, 5.41) is 0. The molecule has 11 rings (SSSR count). The predicted octanol–water partition coefficient (Wildman–Crippen LogP) is 9.48. The molecular weight excluding hydrogens is 456 g/mol. The molecule has 0 heteroatoms. The first kappa shape index (κ1) is 22.6. The standard InChI is InChI=1S/C38H56/c1-3-19-11-12-25-18-29-26-15-13-22-10-9-21-8-7-20-4-2-6-27-31(20)32(21)33(22)38(26)36(27)28-16-14-24-17-23(5-1)30(19)34(25)35(24)37(28)29/h19-38H,1-18H2. The van der Waals surface area contributed by atoms with Crippen LogP contribution < -0.4 is 0 Å². The van der Waals surface area contributed by atoms with E-state index in [-0.39, 0.29) is 0 Å². The highest BCUT2D eigenvalue weighted by molar-refractivity contribution is 5.19. The molecule has 0 radical (unpaired) electrons. The van der Waals surface area contributed by atoms with Gasteiger partial charge in [0.05, 0.1) is 0 Å². The van der Waals surface area contributed by atoms with Gasteiger partial charge < -0.3 is 0 Å². The lowest BCUT2D eigenvalue weighted by atomic mass is 9.30. The van der Waals surface area contributed by atoms with Gasteiger partial charge in [-0.3, -0.25) is 0 Å². The first-order chi connectivity index (χ1) is 18.8. The summed E-state index contributed by atoms with van der Waals surface area (Å²) < 4.78 is 0. The van der Waals surface area contributed by atoms with E-state index in [1.165, 1.54) is 107 Å². The molecule has 0 aromatic heterocycles. The van der Waals surface area contributed by atoms with Crippen LogP contribution in [0.2, 0.25) is 0 Å². The van der Waals surface area contributed by atoms with Gasteiger partial charge in [0.25, 0.3) is 0 Å². The van der Waals surface area contributed by atoms with Crippen molar-refractivity contribution in [1.29, 1.82) is 0 Å². The molecule has 0 aliphatic heterocycles. The summed E-state index contributed by atoms with van der Waals surface area (Å²) in [6.07, 6.45) is 29.9. The van der Waals surface area contributed by atoms with E-state index in [9.17, 15) is 0 Å². The zero-order chi connectivity index (χ0) is 24.3. The second-order valence-corrected chi connectivity index (χ2v) is 18.4.